The lowest BCUT2D eigenvalue weighted by Gasteiger charge is -2.31. The maximum absolute atomic E-state index is 11.7. The molecule has 0 amide bonds. The highest BCUT2D eigenvalue weighted by Crippen LogP contribution is 2.16. The van der Waals surface area contributed by atoms with Crippen molar-refractivity contribution >= 4 is 5.97 Å². The third kappa shape index (κ3) is 3.52. The first kappa shape index (κ1) is 14.0. The Morgan fingerprint density at radius 2 is 2.16 bits per heavy atom. The topological polar surface area (TPSA) is 51.7 Å². The summed E-state index contributed by atoms with van der Waals surface area (Å²) in [6, 6.07) is 3.52. The van der Waals surface area contributed by atoms with Gasteiger partial charge < -0.3 is 9.47 Å². The summed E-state index contributed by atoms with van der Waals surface area (Å²) in [5, 5.41) is 0. The lowest BCUT2D eigenvalue weighted by atomic mass is 10.1. The first-order valence-electron chi connectivity index (χ1n) is 6.52. The van der Waals surface area contributed by atoms with Gasteiger partial charge in [-0.2, -0.15) is 0 Å². The van der Waals surface area contributed by atoms with Gasteiger partial charge in [-0.25, -0.2) is 4.79 Å². The standard InChI is InChI=1S/C14H20N2O3/c1-18-11-5-8-16(9-6-11)10-13-12(14(17)19-2)4-3-7-15-13/h3-4,7,11H,5-6,8-10H2,1-2H3. The van der Waals surface area contributed by atoms with Crippen molar-refractivity contribution in [1.29, 1.82) is 0 Å². The molecule has 2 heterocycles. The van der Waals surface area contributed by atoms with Crippen molar-refractivity contribution in [3.8, 4) is 0 Å². The van der Waals surface area contributed by atoms with Crippen LogP contribution in [0.4, 0.5) is 0 Å². The normalized spacial score (nSPS) is 17.4. The molecule has 0 saturated carbocycles. The summed E-state index contributed by atoms with van der Waals surface area (Å²) in [5.74, 6) is -0.324. The summed E-state index contributed by atoms with van der Waals surface area (Å²) in [5.41, 5.74) is 1.34. The maximum Gasteiger partial charge on any atom is 0.339 e. The van der Waals surface area contributed by atoms with Gasteiger partial charge in [0.1, 0.15) is 0 Å². The number of aromatic nitrogens is 1. The van der Waals surface area contributed by atoms with Crippen LogP contribution in [-0.4, -0.2) is 49.3 Å². The SMILES string of the molecule is COC(=O)c1cccnc1CN1CCC(OC)CC1. The number of hydrogen-bond acceptors (Lipinski definition) is 5. The van der Waals surface area contributed by atoms with Gasteiger partial charge in [0, 0.05) is 32.9 Å². The van der Waals surface area contributed by atoms with Crippen LogP contribution in [-0.2, 0) is 16.0 Å². The average Bonchev–Trinajstić information content (AvgIpc) is 2.48. The molecule has 0 aromatic carbocycles. The minimum absolute atomic E-state index is 0.324. The number of esters is 1. The molecule has 1 aliphatic rings. The van der Waals surface area contributed by atoms with Crippen LogP contribution < -0.4 is 0 Å². The second-order valence-electron chi connectivity index (χ2n) is 4.70. The van der Waals surface area contributed by atoms with E-state index in [0.717, 1.165) is 31.6 Å². The van der Waals surface area contributed by atoms with Crippen LogP contribution in [0.15, 0.2) is 18.3 Å². The van der Waals surface area contributed by atoms with E-state index in [4.69, 9.17) is 9.47 Å². The minimum Gasteiger partial charge on any atom is -0.465 e. The summed E-state index contributed by atoms with van der Waals surface area (Å²) < 4.78 is 10.1. The molecule has 0 N–H and O–H groups in total. The van der Waals surface area contributed by atoms with Crippen molar-refractivity contribution in [2.45, 2.75) is 25.5 Å². The third-order valence-electron chi connectivity index (χ3n) is 3.54. The molecule has 0 unspecified atom stereocenters. The number of likely N-dealkylation sites (tertiary alicyclic amines) is 1. The van der Waals surface area contributed by atoms with Crippen molar-refractivity contribution in [1.82, 2.24) is 9.88 Å². The van der Waals surface area contributed by atoms with E-state index >= 15 is 0 Å². The first-order valence-corrected chi connectivity index (χ1v) is 6.52. The van der Waals surface area contributed by atoms with E-state index in [9.17, 15) is 4.79 Å². The Morgan fingerprint density at radius 1 is 1.42 bits per heavy atom. The van der Waals surface area contributed by atoms with Gasteiger partial charge in [-0.05, 0) is 25.0 Å². The fourth-order valence-electron chi connectivity index (χ4n) is 2.37. The Labute approximate surface area is 113 Å². The highest BCUT2D eigenvalue weighted by atomic mass is 16.5. The van der Waals surface area contributed by atoms with Crippen LogP contribution in [0.5, 0.6) is 0 Å². The van der Waals surface area contributed by atoms with Crippen molar-refractivity contribution in [3.05, 3.63) is 29.6 Å². The predicted octanol–water partition coefficient (Wildman–Crippen LogP) is 1.48. The first-order chi connectivity index (χ1) is 9.24. The Morgan fingerprint density at radius 3 is 2.79 bits per heavy atom. The van der Waals surface area contributed by atoms with Gasteiger partial charge in [-0.1, -0.05) is 0 Å². The van der Waals surface area contributed by atoms with Crippen LogP contribution in [0.25, 0.3) is 0 Å². The lowest BCUT2D eigenvalue weighted by Crippen LogP contribution is -2.36. The Balaban J connectivity index is 2.01. The molecule has 0 atom stereocenters. The molecule has 19 heavy (non-hydrogen) atoms. The monoisotopic (exact) mass is 264 g/mol. The highest BCUT2D eigenvalue weighted by Gasteiger charge is 2.21. The molecule has 0 radical (unpaired) electrons. The number of carbonyl (C=O) groups is 1. The van der Waals surface area contributed by atoms with Crippen molar-refractivity contribution in [2.75, 3.05) is 27.3 Å². The minimum atomic E-state index is -0.324. The highest BCUT2D eigenvalue weighted by molar-refractivity contribution is 5.90. The van der Waals surface area contributed by atoms with Gasteiger partial charge in [0.15, 0.2) is 0 Å². The zero-order chi connectivity index (χ0) is 13.7. The summed E-state index contributed by atoms with van der Waals surface area (Å²) in [7, 11) is 3.15. The van der Waals surface area contributed by atoms with Crippen molar-refractivity contribution in [3.63, 3.8) is 0 Å². The molecule has 2 rings (SSSR count). The van der Waals surface area contributed by atoms with Crippen molar-refractivity contribution < 1.29 is 14.3 Å². The second kappa shape index (κ2) is 6.63. The zero-order valence-corrected chi connectivity index (χ0v) is 11.5. The molecule has 1 aromatic heterocycles. The number of pyridine rings is 1. The summed E-state index contributed by atoms with van der Waals surface area (Å²) >= 11 is 0. The molecule has 1 aromatic rings. The van der Waals surface area contributed by atoms with Gasteiger partial charge in [0.05, 0.1) is 24.5 Å². The van der Waals surface area contributed by atoms with Gasteiger partial charge in [0.25, 0.3) is 0 Å². The quantitative estimate of drug-likeness (QED) is 0.771. The lowest BCUT2D eigenvalue weighted by molar-refractivity contribution is 0.0381. The van der Waals surface area contributed by atoms with Crippen LogP contribution >= 0.6 is 0 Å². The molecule has 0 aliphatic carbocycles. The van der Waals surface area contributed by atoms with Crippen molar-refractivity contribution in [2.24, 2.45) is 0 Å². The fourth-order valence-corrected chi connectivity index (χ4v) is 2.37. The molecule has 104 valence electrons. The molecule has 5 heteroatoms. The Kier molecular flexibility index (Phi) is 4.87. The number of methoxy groups -OCH3 is 2. The van der Waals surface area contributed by atoms with E-state index in [-0.39, 0.29) is 5.97 Å². The van der Waals surface area contributed by atoms with Gasteiger partial charge in [-0.3, -0.25) is 9.88 Å². The number of rotatable bonds is 4. The van der Waals surface area contributed by atoms with Gasteiger partial charge in [0.2, 0.25) is 0 Å². The number of nitrogens with zero attached hydrogens (tertiary/aromatic N) is 2. The maximum atomic E-state index is 11.7. The van der Waals surface area contributed by atoms with Gasteiger partial charge in [-0.15, -0.1) is 0 Å². The average molecular weight is 264 g/mol. The van der Waals surface area contributed by atoms with Crippen LogP contribution in [0, 0.1) is 0 Å². The molecular weight excluding hydrogens is 244 g/mol. The molecule has 0 spiro atoms. The predicted molar refractivity (Wildman–Crippen MR) is 70.9 cm³/mol. The number of ether oxygens (including phenoxy) is 2. The largest absolute Gasteiger partial charge is 0.465 e. The number of carbonyl (C=O) groups excluding carboxylic acids is 1. The van der Waals surface area contributed by atoms with E-state index in [2.05, 4.69) is 9.88 Å². The summed E-state index contributed by atoms with van der Waals surface area (Å²) in [4.78, 5) is 18.3. The van der Waals surface area contributed by atoms with E-state index < -0.39 is 0 Å². The molecular formula is C14H20N2O3. The van der Waals surface area contributed by atoms with E-state index in [1.54, 1.807) is 25.4 Å². The molecule has 1 saturated heterocycles. The van der Waals surface area contributed by atoms with Crippen LogP contribution in [0.1, 0.15) is 28.9 Å². The molecule has 1 fully saturated rings. The van der Waals surface area contributed by atoms with Crippen LogP contribution in [0.3, 0.4) is 0 Å². The molecule has 0 bridgehead atoms. The molecule has 1 aliphatic heterocycles. The third-order valence-corrected chi connectivity index (χ3v) is 3.54. The second-order valence-corrected chi connectivity index (χ2v) is 4.70. The fraction of sp³-hybridized carbons (Fsp3) is 0.571. The van der Waals surface area contributed by atoms with E-state index in [1.165, 1.54) is 7.11 Å². The van der Waals surface area contributed by atoms with Crippen LogP contribution in [0.2, 0.25) is 0 Å². The number of piperidine rings is 1. The smallest absolute Gasteiger partial charge is 0.339 e. The van der Waals surface area contributed by atoms with E-state index in [0.29, 0.717) is 18.2 Å². The zero-order valence-electron chi connectivity index (χ0n) is 11.5. The Bertz CT molecular complexity index is 428. The summed E-state index contributed by atoms with van der Waals surface area (Å²) in [6.07, 6.45) is 4.12. The molecule has 5 nitrogen and oxygen atoms in total. The van der Waals surface area contributed by atoms with Gasteiger partial charge >= 0.3 is 5.97 Å². The number of hydrogen-bond donors (Lipinski definition) is 0. The Hall–Kier alpha value is -1.46. The van der Waals surface area contributed by atoms with E-state index in [1.807, 2.05) is 0 Å². The summed E-state index contributed by atoms with van der Waals surface area (Å²) in [6.45, 7) is 2.62.